The van der Waals surface area contributed by atoms with Crippen molar-refractivity contribution in [2.24, 2.45) is 5.92 Å². The first-order valence-electron chi connectivity index (χ1n) is 9.93. The van der Waals surface area contributed by atoms with Crippen molar-refractivity contribution >= 4 is 34.5 Å². The van der Waals surface area contributed by atoms with Crippen LogP contribution in [-0.2, 0) is 19.1 Å². The van der Waals surface area contributed by atoms with Gasteiger partial charge in [-0.25, -0.2) is 4.79 Å². The third kappa shape index (κ3) is 4.03. The highest BCUT2D eigenvalue weighted by Gasteiger charge is 2.40. The number of H-pyrrole nitrogens is 2. The third-order valence-electron chi connectivity index (χ3n) is 5.70. The molecule has 3 N–H and O–H groups in total. The largest absolute Gasteiger partial charge is 0.452 e. The molecule has 0 bridgehead atoms. The van der Waals surface area contributed by atoms with Crippen LogP contribution >= 0.6 is 0 Å². The number of carbonyl (C=O) groups is 3. The molecule has 9 nitrogen and oxygen atoms in total. The van der Waals surface area contributed by atoms with Crippen molar-refractivity contribution in [2.45, 2.75) is 51.2 Å². The maximum absolute atomic E-state index is 12.5. The van der Waals surface area contributed by atoms with Gasteiger partial charge in [0.25, 0.3) is 5.91 Å². The van der Waals surface area contributed by atoms with Gasteiger partial charge in [-0.3, -0.25) is 14.4 Å². The molecule has 2 aromatic rings. The van der Waals surface area contributed by atoms with Gasteiger partial charge in [0.05, 0.1) is 17.0 Å². The van der Waals surface area contributed by atoms with Crippen molar-refractivity contribution in [1.82, 2.24) is 14.9 Å². The Balaban J connectivity index is 1.33. The molecule has 9 heteroatoms. The van der Waals surface area contributed by atoms with E-state index in [1.54, 1.807) is 23.1 Å². The van der Waals surface area contributed by atoms with E-state index in [9.17, 15) is 19.2 Å². The standard InChI is InChI=1S/C20H24N4O5/c1-11(18(26)21-13-6-7-15-16(9-13)23-20(28)22-15)29-19(27)12-8-17(25)24(10-12)14-4-2-3-5-14/h6-7,9,11-12,14H,2-5,8,10H2,1H3,(H,21,26)(H2,22,23,28)/t11-,12-/m1/s1. The third-order valence-corrected chi connectivity index (χ3v) is 5.70. The van der Waals surface area contributed by atoms with Crippen molar-refractivity contribution < 1.29 is 19.1 Å². The van der Waals surface area contributed by atoms with E-state index in [1.165, 1.54) is 6.92 Å². The first-order chi connectivity index (χ1) is 13.9. The van der Waals surface area contributed by atoms with Crippen molar-refractivity contribution in [1.29, 1.82) is 0 Å². The first-order valence-corrected chi connectivity index (χ1v) is 9.93. The molecule has 0 radical (unpaired) electrons. The molecule has 0 spiro atoms. The highest BCUT2D eigenvalue weighted by atomic mass is 16.5. The molecular formula is C20H24N4O5. The lowest BCUT2D eigenvalue weighted by molar-refractivity contribution is -0.157. The second kappa shape index (κ2) is 7.73. The Hall–Kier alpha value is -3.10. The number of aromatic amines is 2. The van der Waals surface area contributed by atoms with Crippen molar-refractivity contribution in [3.05, 3.63) is 28.7 Å². The maximum atomic E-state index is 12.5. The van der Waals surface area contributed by atoms with Crippen LogP contribution in [0.15, 0.2) is 23.0 Å². The van der Waals surface area contributed by atoms with Gasteiger partial charge in [0.2, 0.25) is 5.91 Å². The molecule has 1 aromatic carbocycles. The quantitative estimate of drug-likeness (QED) is 0.657. The number of carbonyl (C=O) groups excluding carboxylic acids is 3. The molecule has 1 aliphatic heterocycles. The van der Waals surface area contributed by atoms with E-state index in [0.717, 1.165) is 25.7 Å². The summed E-state index contributed by atoms with van der Waals surface area (Å²) in [6, 6.07) is 5.17. The number of amides is 2. The Labute approximate surface area is 166 Å². The lowest BCUT2D eigenvalue weighted by Gasteiger charge is -2.24. The summed E-state index contributed by atoms with van der Waals surface area (Å²) in [4.78, 5) is 55.5. The Morgan fingerprint density at radius 2 is 1.90 bits per heavy atom. The predicted octanol–water partition coefficient (Wildman–Crippen LogP) is 1.52. The van der Waals surface area contributed by atoms with E-state index in [2.05, 4.69) is 15.3 Å². The number of hydrogen-bond acceptors (Lipinski definition) is 5. The van der Waals surface area contributed by atoms with E-state index < -0.39 is 23.9 Å². The molecule has 4 rings (SSSR count). The van der Waals surface area contributed by atoms with Crippen LogP contribution in [0, 0.1) is 5.92 Å². The number of imidazole rings is 1. The second-order valence-electron chi connectivity index (χ2n) is 7.79. The van der Waals surface area contributed by atoms with E-state index in [1.807, 2.05) is 0 Å². The Morgan fingerprint density at radius 3 is 2.66 bits per heavy atom. The zero-order chi connectivity index (χ0) is 20.5. The normalized spacial score (nSPS) is 20.9. The van der Waals surface area contributed by atoms with Crippen LogP contribution in [-0.4, -0.2) is 51.3 Å². The zero-order valence-electron chi connectivity index (χ0n) is 16.2. The van der Waals surface area contributed by atoms with Crippen LogP contribution in [0.4, 0.5) is 5.69 Å². The van der Waals surface area contributed by atoms with Crippen molar-refractivity contribution in [2.75, 3.05) is 11.9 Å². The summed E-state index contributed by atoms with van der Waals surface area (Å²) in [6.45, 7) is 1.86. The number of nitrogens with one attached hydrogen (secondary N) is 3. The van der Waals surface area contributed by atoms with Gasteiger partial charge in [-0.05, 0) is 38.0 Å². The highest BCUT2D eigenvalue weighted by Crippen LogP contribution is 2.30. The van der Waals surface area contributed by atoms with Gasteiger partial charge >= 0.3 is 11.7 Å². The molecule has 1 aromatic heterocycles. The molecule has 2 heterocycles. The fraction of sp³-hybridized carbons (Fsp3) is 0.500. The fourth-order valence-corrected chi connectivity index (χ4v) is 4.14. The molecule has 2 fully saturated rings. The topological polar surface area (TPSA) is 124 Å². The molecule has 29 heavy (non-hydrogen) atoms. The van der Waals surface area contributed by atoms with Gasteiger partial charge in [0, 0.05) is 24.7 Å². The molecule has 154 valence electrons. The number of fused-ring (bicyclic) bond motifs is 1. The lowest BCUT2D eigenvalue weighted by atomic mass is 10.1. The number of ether oxygens (including phenoxy) is 1. The van der Waals surface area contributed by atoms with Crippen LogP contribution in [0.1, 0.15) is 39.0 Å². The van der Waals surface area contributed by atoms with Gasteiger partial charge in [-0.1, -0.05) is 12.8 Å². The maximum Gasteiger partial charge on any atom is 0.323 e. The first kappa shape index (κ1) is 19.2. The van der Waals surface area contributed by atoms with Gasteiger partial charge in [-0.15, -0.1) is 0 Å². The highest BCUT2D eigenvalue weighted by molar-refractivity contribution is 5.97. The van der Waals surface area contributed by atoms with E-state index in [0.29, 0.717) is 23.3 Å². The molecule has 1 saturated heterocycles. The van der Waals surface area contributed by atoms with Gasteiger partial charge in [-0.2, -0.15) is 0 Å². The molecule has 0 unspecified atom stereocenters. The Bertz CT molecular complexity index is 1000. The fourth-order valence-electron chi connectivity index (χ4n) is 4.14. The molecule has 2 amide bonds. The average molecular weight is 400 g/mol. The summed E-state index contributed by atoms with van der Waals surface area (Å²) in [5, 5.41) is 2.67. The smallest absolute Gasteiger partial charge is 0.323 e. The van der Waals surface area contributed by atoms with Gasteiger partial charge in [0.15, 0.2) is 6.10 Å². The summed E-state index contributed by atoms with van der Waals surface area (Å²) in [6.07, 6.45) is 3.35. The number of hydrogen-bond donors (Lipinski definition) is 3. The monoisotopic (exact) mass is 400 g/mol. The molecular weight excluding hydrogens is 376 g/mol. The van der Waals surface area contributed by atoms with E-state index in [-0.39, 0.29) is 24.1 Å². The summed E-state index contributed by atoms with van der Waals surface area (Å²) in [5.41, 5.74) is 1.34. The van der Waals surface area contributed by atoms with Crippen LogP contribution in [0.5, 0.6) is 0 Å². The number of aromatic nitrogens is 2. The number of anilines is 1. The van der Waals surface area contributed by atoms with Crippen molar-refractivity contribution in [3.8, 4) is 0 Å². The minimum Gasteiger partial charge on any atom is -0.452 e. The summed E-state index contributed by atoms with van der Waals surface area (Å²) in [7, 11) is 0. The van der Waals surface area contributed by atoms with Crippen LogP contribution < -0.4 is 11.0 Å². The summed E-state index contributed by atoms with van der Waals surface area (Å²) < 4.78 is 5.33. The molecule has 2 atom stereocenters. The number of benzene rings is 1. The number of likely N-dealkylation sites (tertiary alicyclic amines) is 1. The van der Waals surface area contributed by atoms with Crippen LogP contribution in [0.25, 0.3) is 11.0 Å². The van der Waals surface area contributed by atoms with Crippen LogP contribution in [0.3, 0.4) is 0 Å². The lowest BCUT2D eigenvalue weighted by Crippen LogP contribution is -2.36. The summed E-state index contributed by atoms with van der Waals surface area (Å²) >= 11 is 0. The minimum absolute atomic E-state index is 0.00949. The molecule has 1 saturated carbocycles. The Morgan fingerprint density at radius 1 is 1.17 bits per heavy atom. The van der Waals surface area contributed by atoms with Gasteiger partial charge in [0.1, 0.15) is 0 Å². The number of esters is 1. The Kier molecular flexibility index (Phi) is 5.12. The summed E-state index contributed by atoms with van der Waals surface area (Å²) in [5.74, 6) is -1.54. The SMILES string of the molecule is C[C@@H](OC(=O)[C@@H]1CC(=O)N(C2CCCC2)C1)C(=O)Nc1ccc2[nH]c(=O)[nH]c2c1. The van der Waals surface area contributed by atoms with Crippen molar-refractivity contribution in [3.63, 3.8) is 0 Å². The average Bonchev–Trinajstić information content (AvgIpc) is 3.39. The number of nitrogens with zero attached hydrogens (tertiary/aromatic N) is 1. The van der Waals surface area contributed by atoms with E-state index in [4.69, 9.17) is 4.74 Å². The second-order valence-corrected chi connectivity index (χ2v) is 7.79. The van der Waals surface area contributed by atoms with E-state index >= 15 is 0 Å². The minimum atomic E-state index is -1.00. The molecule has 1 aliphatic carbocycles. The number of rotatable bonds is 5. The van der Waals surface area contributed by atoms with Gasteiger partial charge < -0.3 is 24.9 Å². The predicted molar refractivity (Wildman–Crippen MR) is 105 cm³/mol. The molecule has 2 aliphatic rings. The van der Waals surface area contributed by atoms with Crippen LogP contribution in [0.2, 0.25) is 0 Å². The zero-order valence-corrected chi connectivity index (χ0v) is 16.2.